The van der Waals surface area contributed by atoms with Gasteiger partial charge in [-0.2, -0.15) is 13.2 Å². The number of carbonyl (C=O) groups excluding carboxylic acids is 1. The molecule has 1 amide bonds. The maximum absolute atomic E-state index is 13.1. The predicted molar refractivity (Wildman–Crippen MR) is 113 cm³/mol. The van der Waals surface area contributed by atoms with E-state index in [1.54, 1.807) is 0 Å². The zero-order valence-corrected chi connectivity index (χ0v) is 17.7. The van der Waals surface area contributed by atoms with Gasteiger partial charge in [0.25, 0.3) is 0 Å². The van der Waals surface area contributed by atoms with Gasteiger partial charge < -0.3 is 10.2 Å². The molecule has 2 atom stereocenters. The van der Waals surface area contributed by atoms with Gasteiger partial charge in [-0.1, -0.05) is 24.3 Å². The summed E-state index contributed by atoms with van der Waals surface area (Å²) in [5.41, 5.74) is 1.91. The van der Waals surface area contributed by atoms with Crippen molar-refractivity contribution in [3.8, 4) is 0 Å². The van der Waals surface area contributed by atoms with Crippen molar-refractivity contribution in [3.63, 3.8) is 0 Å². The summed E-state index contributed by atoms with van der Waals surface area (Å²) in [5, 5.41) is 3.09. The Bertz CT molecular complexity index is 925. The number of rotatable bonds is 6. The molecule has 1 saturated carbocycles. The Labute approximate surface area is 180 Å². The van der Waals surface area contributed by atoms with Crippen molar-refractivity contribution in [2.75, 3.05) is 32.1 Å². The maximum Gasteiger partial charge on any atom is 0.417 e. The first kappa shape index (κ1) is 21.6. The number of benzene rings is 1. The molecule has 1 saturated heterocycles. The number of hydrogen-bond donors (Lipinski definition) is 1. The Kier molecular flexibility index (Phi) is 5.92. The van der Waals surface area contributed by atoms with Crippen LogP contribution in [0.15, 0.2) is 42.7 Å². The second-order valence-corrected chi connectivity index (χ2v) is 8.68. The summed E-state index contributed by atoms with van der Waals surface area (Å²) in [6.07, 6.45) is 0.971. The molecule has 2 heterocycles. The van der Waals surface area contributed by atoms with Crippen LogP contribution in [0.2, 0.25) is 0 Å². The molecule has 1 N–H and O–H groups in total. The molecule has 0 spiro atoms. The quantitative estimate of drug-likeness (QED) is 0.750. The van der Waals surface area contributed by atoms with E-state index in [4.69, 9.17) is 0 Å². The zero-order valence-electron chi connectivity index (χ0n) is 17.7. The topological polar surface area (TPSA) is 48.5 Å². The standard InChI is InChI=1S/C23H27F3N4O/c1-29(2)21(17-7-5-16(6-8-17)15-3-4-15)22(31)28-19-9-10-30(14-19)20-11-18(12-27-13-20)23(24,25)26/h5-8,11-13,15,19,21H,3-4,9-10,14H2,1-2H3,(H,28,31)/t19-,21-/m1/s1. The number of halogens is 3. The van der Waals surface area contributed by atoms with Crippen LogP contribution in [0, 0.1) is 0 Å². The van der Waals surface area contributed by atoms with Crippen LogP contribution in [0.5, 0.6) is 0 Å². The van der Waals surface area contributed by atoms with E-state index in [1.807, 2.05) is 36.0 Å². The lowest BCUT2D eigenvalue weighted by atomic mass is 10.0. The molecule has 2 aromatic rings. The number of amides is 1. The third-order valence-electron chi connectivity index (χ3n) is 6.02. The number of nitrogens with zero attached hydrogens (tertiary/aromatic N) is 3. The van der Waals surface area contributed by atoms with Crippen molar-refractivity contribution in [3.05, 3.63) is 59.4 Å². The van der Waals surface area contributed by atoms with E-state index in [0.29, 0.717) is 31.1 Å². The number of hydrogen-bond acceptors (Lipinski definition) is 4. The molecule has 5 nitrogen and oxygen atoms in total. The second kappa shape index (κ2) is 8.49. The molecule has 0 bridgehead atoms. The molecule has 4 rings (SSSR count). The molecule has 8 heteroatoms. The van der Waals surface area contributed by atoms with E-state index < -0.39 is 17.8 Å². The molecule has 1 aromatic carbocycles. The van der Waals surface area contributed by atoms with Crippen molar-refractivity contribution in [2.24, 2.45) is 0 Å². The van der Waals surface area contributed by atoms with Gasteiger partial charge in [0, 0.05) is 25.3 Å². The van der Waals surface area contributed by atoms with Crippen molar-refractivity contribution in [1.82, 2.24) is 15.2 Å². The minimum atomic E-state index is -4.43. The lowest BCUT2D eigenvalue weighted by Crippen LogP contribution is -2.43. The second-order valence-electron chi connectivity index (χ2n) is 8.68. The average molecular weight is 432 g/mol. The lowest BCUT2D eigenvalue weighted by molar-refractivity contribution is -0.137. The van der Waals surface area contributed by atoms with Gasteiger partial charge in [0.1, 0.15) is 6.04 Å². The van der Waals surface area contributed by atoms with Crippen molar-refractivity contribution in [1.29, 1.82) is 0 Å². The van der Waals surface area contributed by atoms with Gasteiger partial charge >= 0.3 is 6.18 Å². The summed E-state index contributed by atoms with van der Waals surface area (Å²) in [4.78, 5) is 20.5. The van der Waals surface area contributed by atoms with Gasteiger partial charge in [-0.3, -0.25) is 14.7 Å². The summed E-state index contributed by atoms with van der Waals surface area (Å²) in [7, 11) is 3.74. The van der Waals surface area contributed by atoms with Crippen LogP contribution in [0.1, 0.15) is 47.9 Å². The molecule has 2 aliphatic rings. The molecule has 1 aromatic heterocycles. The van der Waals surface area contributed by atoms with Crippen LogP contribution in [0.3, 0.4) is 0 Å². The average Bonchev–Trinajstić information content (AvgIpc) is 3.47. The first-order valence-corrected chi connectivity index (χ1v) is 10.6. The number of alkyl halides is 3. The van der Waals surface area contributed by atoms with Crippen LogP contribution in [0.4, 0.5) is 18.9 Å². The maximum atomic E-state index is 13.1. The smallest absolute Gasteiger partial charge is 0.368 e. The number of likely N-dealkylation sites (N-methyl/N-ethyl adjacent to an activating group) is 1. The van der Waals surface area contributed by atoms with Crippen LogP contribution in [0.25, 0.3) is 0 Å². The highest BCUT2D eigenvalue weighted by molar-refractivity contribution is 5.83. The summed E-state index contributed by atoms with van der Waals surface area (Å²) < 4.78 is 38.9. The highest BCUT2D eigenvalue weighted by atomic mass is 19.4. The SMILES string of the molecule is CN(C)[C@@H](C(=O)N[C@@H]1CCN(c2cncc(C(F)(F)F)c2)C1)c1ccc(C2CC2)cc1. The Morgan fingerprint density at radius 3 is 2.48 bits per heavy atom. The Morgan fingerprint density at radius 2 is 1.87 bits per heavy atom. The zero-order chi connectivity index (χ0) is 22.2. The van der Waals surface area contributed by atoms with Gasteiger partial charge in [0.05, 0.1) is 17.4 Å². The molecule has 0 unspecified atom stereocenters. The number of pyridine rings is 1. The van der Waals surface area contributed by atoms with E-state index in [9.17, 15) is 18.0 Å². The van der Waals surface area contributed by atoms with E-state index in [0.717, 1.165) is 17.8 Å². The normalized spacial score (nSPS) is 20.2. The summed E-state index contributed by atoms with van der Waals surface area (Å²) in [6.45, 7) is 1.02. The van der Waals surface area contributed by atoms with Gasteiger partial charge in [-0.25, -0.2) is 0 Å². The fraction of sp³-hybridized carbons (Fsp3) is 0.478. The van der Waals surface area contributed by atoms with Gasteiger partial charge in [-0.05, 0) is 56.5 Å². The van der Waals surface area contributed by atoms with Gasteiger partial charge in [0.15, 0.2) is 0 Å². The largest absolute Gasteiger partial charge is 0.417 e. The minimum Gasteiger partial charge on any atom is -0.368 e. The Balaban J connectivity index is 1.41. The fourth-order valence-electron chi connectivity index (χ4n) is 4.20. The van der Waals surface area contributed by atoms with Gasteiger partial charge in [-0.15, -0.1) is 0 Å². The highest BCUT2D eigenvalue weighted by Gasteiger charge is 2.33. The minimum absolute atomic E-state index is 0.0989. The van der Waals surface area contributed by atoms with Gasteiger partial charge in [0.2, 0.25) is 5.91 Å². The Hall–Kier alpha value is -2.61. The molecule has 166 valence electrons. The number of carbonyl (C=O) groups is 1. The summed E-state index contributed by atoms with van der Waals surface area (Å²) in [6, 6.07) is 8.82. The highest BCUT2D eigenvalue weighted by Crippen LogP contribution is 2.40. The third-order valence-corrected chi connectivity index (χ3v) is 6.02. The number of aromatic nitrogens is 1. The van der Waals surface area contributed by atoms with E-state index in [2.05, 4.69) is 22.4 Å². The fourth-order valence-corrected chi connectivity index (χ4v) is 4.20. The molecule has 1 aliphatic carbocycles. The summed E-state index contributed by atoms with van der Waals surface area (Å²) in [5.74, 6) is 0.564. The molecule has 31 heavy (non-hydrogen) atoms. The van der Waals surface area contributed by atoms with Crippen molar-refractivity contribution >= 4 is 11.6 Å². The Morgan fingerprint density at radius 1 is 1.16 bits per heavy atom. The third kappa shape index (κ3) is 5.01. The molecular formula is C23H27F3N4O. The number of anilines is 1. The van der Waals surface area contributed by atoms with Crippen LogP contribution >= 0.6 is 0 Å². The van der Waals surface area contributed by atoms with Crippen molar-refractivity contribution in [2.45, 2.75) is 43.4 Å². The molecule has 0 radical (unpaired) electrons. The van der Waals surface area contributed by atoms with Crippen LogP contribution < -0.4 is 10.2 Å². The molecule has 2 fully saturated rings. The molecule has 1 aliphatic heterocycles. The predicted octanol–water partition coefficient (Wildman–Crippen LogP) is 3.98. The first-order chi connectivity index (χ1) is 14.7. The first-order valence-electron chi connectivity index (χ1n) is 10.6. The van der Waals surface area contributed by atoms with E-state index in [-0.39, 0.29) is 11.9 Å². The lowest BCUT2D eigenvalue weighted by Gasteiger charge is -2.26. The summed E-state index contributed by atoms with van der Waals surface area (Å²) >= 11 is 0. The van der Waals surface area contributed by atoms with E-state index >= 15 is 0 Å². The number of nitrogens with one attached hydrogen (secondary N) is 1. The van der Waals surface area contributed by atoms with Crippen LogP contribution in [-0.4, -0.2) is 49.0 Å². The van der Waals surface area contributed by atoms with Crippen molar-refractivity contribution < 1.29 is 18.0 Å². The van der Waals surface area contributed by atoms with Crippen LogP contribution in [-0.2, 0) is 11.0 Å². The van der Waals surface area contributed by atoms with E-state index in [1.165, 1.54) is 24.6 Å². The monoisotopic (exact) mass is 432 g/mol. The molecular weight excluding hydrogens is 405 g/mol.